The molecule has 0 aliphatic carbocycles. The van der Waals surface area contributed by atoms with Crippen molar-refractivity contribution in [3.63, 3.8) is 0 Å². The van der Waals surface area contributed by atoms with Gasteiger partial charge in [0.1, 0.15) is 5.76 Å². The number of likely N-dealkylation sites (N-methyl/N-ethyl adjacent to an activating group) is 1. The van der Waals surface area contributed by atoms with Crippen molar-refractivity contribution in [3.8, 4) is 0 Å². The van der Waals surface area contributed by atoms with Gasteiger partial charge < -0.3 is 14.5 Å². The number of nitrogens with one attached hydrogen (secondary N) is 1. The van der Waals surface area contributed by atoms with E-state index in [1.807, 2.05) is 27.0 Å². The van der Waals surface area contributed by atoms with E-state index >= 15 is 0 Å². The zero-order valence-corrected chi connectivity index (χ0v) is 10.0. The molecule has 0 aromatic carbocycles. The summed E-state index contributed by atoms with van der Waals surface area (Å²) in [7, 11) is 1.95. The third kappa shape index (κ3) is 3.36. The minimum atomic E-state index is 0.223. The van der Waals surface area contributed by atoms with Crippen LogP contribution in [0.25, 0.3) is 0 Å². The van der Waals surface area contributed by atoms with E-state index < -0.39 is 0 Å². The van der Waals surface area contributed by atoms with E-state index in [0.717, 1.165) is 12.2 Å². The van der Waals surface area contributed by atoms with Gasteiger partial charge >= 0.3 is 0 Å². The molecule has 15 heavy (non-hydrogen) atoms. The first-order valence-electron chi connectivity index (χ1n) is 5.54. The maximum atomic E-state index is 5.61. The zero-order valence-electron chi connectivity index (χ0n) is 10.0. The highest BCUT2D eigenvalue weighted by atomic mass is 16.5. The van der Waals surface area contributed by atoms with Crippen LogP contribution in [0.5, 0.6) is 0 Å². The van der Waals surface area contributed by atoms with Gasteiger partial charge in [0.25, 0.3) is 0 Å². The van der Waals surface area contributed by atoms with Crippen LogP contribution in [-0.2, 0) is 11.2 Å². The number of rotatable bonds is 6. The normalized spacial score (nSPS) is 13.4. The minimum absolute atomic E-state index is 0.223. The first kappa shape index (κ1) is 12.3. The second-order valence-corrected chi connectivity index (χ2v) is 3.88. The minimum Gasteiger partial charge on any atom is -0.469 e. The Hall–Kier alpha value is -0.800. The number of hydrogen-bond donors (Lipinski definition) is 1. The summed E-state index contributed by atoms with van der Waals surface area (Å²) in [6, 6.07) is 2.24. The maximum Gasteiger partial charge on any atom is 0.108 e. The van der Waals surface area contributed by atoms with Gasteiger partial charge in [-0.3, -0.25) is 0 Å². The lowest BCUT2D eigenvalue weighted by atomic mass is 10.1. The first-order valence-corrected chi connectivity index (χ1v) is 5.54. The Morgan fingerprint density at radius 1 is 1.47 bits per heavy atom. The van der Waals surface area contributed by atoms with E-state index in [0.29, 0.717) is 6.61 Å². The molecule has 1 heterocycles. The SMILES string of the molecule is CCc1occc1C(COC(C)C)NC. The van der Waals surface area contributed by atoms with Gasteiger partial charge in [-0.2, -0.15) is 0 Å². The van der Waals surface area contributed by atoms with Gasteiger partial charge in [-0.05, 0) is 27.0 Å². The summed E-state index contributed by atoms with van der Waals surface area (Å²) in [6.45, 7) is 6.87. The molecule has 1 aromatic heterocycles. The molecule has 0 saturated heterocycles. The second-order valence-electron chi connectivity index (χ2n) is 3.88. The van der Waals surface area contributed by atoms with Crippen LogP contribution in [0.1, 0.15) is 38.1 Å². The largest absolute Gasteiger partial charge is 0.469 e. The molecule has 0 bridgehead atoms. The van der Waals surface area contributed by atoms with Gasteiger partial charge in [0.15, 0.2) is 0 Å². The Morgan fingerprint density at radius 3 is 2.73 bits per heavy atom. The molecule has 0 radical (unpaired) electrons. The Kier molecular flexibility index (Phi) is 4.85. The van der Waals surface area contributed by atoms with Crippen molar-refractivity contribution in [3.05, 3.63) is 23.7 Å². The number of ether oxygens (including phenoxy) is 1. The lowest BCUT2D eigenvalue weighted by Crippen LogP contribution is -2.23. The van der Waals surface area contributed by atoms with Crippen molar-refractivity contribution in [1.82, 2.24) is 5.32 Å². The fourth-order valence-electron chi connectivity index (χ4n) is 1.57. The Balaban J connectivity index is 2.65. The highest BCUT2D eigenvalue weighted by Crippen LogP contribution is 2.20. The van der Waals surface area contributed by atoms with Gasteiger partial charge in [-0.1, -0.05) is 6.92 Å². The average Bonchev–Trinajstić information content (AvgIpc) is 2.66. The fraction of sp³-hybridized carbons (Fsp3) is 0.667. The van der Waals surface area contributed by atoms with E-state index in [9.17, 15) is 0 Å². The summed E-state index contributed by atoms with van der Waals surface area (Å²) in [6.07, 6.45) is 2.92. The summed E-state index contributed by atoms with van der Waals surface area (Å²) >= 11 is 0. The summed E-state index contributed by atoms with van der Waals surface area (Å²) in [5.41, 5.74) is 1.21. The van der Waals surface area contributed by atoms with E-state index in [-0.39, 0.29) is 12.1 Å². The zero-order chi connectivity index (χ0) is 11.3. The van der Waals surface area contributed by atoms with Crippen molar-refractivity contribution in [1.29, 1.82) is 0 Å². The molecule has 1 unspecified atom stereocenters. The van der Waals surface area contributed by atoms with Crippen LogP contribution in [0.2, 0.25) is 0 Å². The number of furan rings is 1. The van der Waals surface area contributed by atoms with Gasteiger partial charge in [-0.25, -0.2) is 0 Å². The standard InChI is InChI=1S/C12H21NO2/c1-5-12-10(6-7-14-12)11(13-4)8-15-9(2)3/h6-7,9,11,13H,5,8H2,1-4H3. The third-order valence-electron chi connectivity index (χ3n) is 2.42. The van der Waals surface area contributed by atoms with Crippen LogP contribution in [0, 0.1) is 0 Å². The molecule has 1 aromatic rings. The molecular formula is C12H21NO2. The molecule has 0 amide bonds. The van der Waals surface area contributed by atoms with Crippen LogP contribution in [-0.4, -0.2) is 19.8 Å². The summed E-state index contributed by atoms with van der Waals surface area (Å²) in [5, 5.41) is 3.25. The van der Waals surface area contributed by atoms with Crippen molar-refractivity contribution in [2.45, 2.75) is 39.3 Å². The molecule has 3 heteroatoms. The maximum absolute atomic E-state index is 5.61. The first-order chi connectivity index (χ1) is 7.19. The van der Waals surface area contributed by atoms with E-state index in [1.54, 1.807) is 6.26 Å². The lowest BCUT2D eigenvalue weighted by Gasteiger charge is -2.17. The molecule has 3 nitrogen and oxygen atoms in total. The molecule has 0 saturated carbocycles. The van der Waals surface area contributed by atoms with E-state index in [2.05, 4.69) is 12.2 Å². The van der Waals surface area contributed by atoms with Crippen LogP contribution in [0.4, 0.5) is 0 Å². The van der Waals surface area contributed by atoms with E-state index in [1.165, 1.54) is 5.56 Å². The van der Waals surface area contributed by atoms with Crippen LogP contribution >= 0.6 is 0 Å². The predicted molar refractivity (Wildman–Crippen MR) is 61.0 cm³/mol. The van der Waals surface area contributed by atoms with Gasteiger partial charge in [-0.15, -0.1) is 0 Å². The Labute approximate surface area is 91.8 Å². The van der Waals surface area contributed by atoms with Gasteiger partial charge in [0.05, 0.1) is 25.0 Å². The molecule has 0 aliphatic heterocycles. The molecule has 0 spiro atoms. The quantitative estimate of drug-likeness (QED) is 0.785. The highest BCUT2D eigenvalue weighted by molar-refractivity contribution is 5.21. The summed E-state index contributed by atoms with van der Waals surface area (Å²) in [5.74, 6) is 1.04. The van der Waals surface area contributed by atoms with Crippen LogP contribution < -0.4 is 5.32 Å². The molecule has 1 atom stereocenters. The predicted octanol–water partition coefficient (Wildman–Crippen LogP) is 2.53. The average molecular weight is 211 g/mol. The van der Waals surface area contributed by atoms with Crippen molar-refractivity contribution >= 4 is 0 Å². The lowest BCUT2D eigenvalue weighted by molar-refractivity contribution is 0.0623. The topological polar surface area (TPSA) is 34.4 Å². The smallest absolute Gasteiger partial charge is 0.108 e. The third-order valence-corrected chi connectivity index (χ3v) is 2.42. The van der Waals surface area contributed by atoms with Gasteiger partial charge in [0.2, 0.25) is 0 Å². The van der Waals surface area contributed by atoms with E-state index in [4.69, 9.17) is 9.15 Å². The van der Waals surface area contributed by atoms with Crippen molar-refractivity contribution < 1.29 is 9.15 Å². The van der Waals surface area contributed by atoms with Crippen molar-refractivity contribution in [2.75, 3.05) is 13.7 Å². The van der Waals surface area contributed by atoms with Crippen LogP contribution in [0.3, 0.4) is 0 Å². The molecule has 0 fully saturated rings. The molecule has 86 valence electrons. The molecular weight excluding hydrogens is 190 g/mol. The molecule has 1 N–H and O–H groups in total. The Morgan fingerprint density at radius 2 is 2.20 bits per heavy atom. The number of hydrogen-bond acceptors (Lipinski definition) is 3. The van der Waals surface area contributed by atoms with Crippen LogP contribution in [0.15, 0.2) is 16.7 Å². The highest BCUT2D eigenvalue weighted by Gasteiger charge is 2.15. The molecule has 0 aliphatic rings. The summed E-state index contributed by atoms with van der Waals surface area (Å²) < 4.78 is 11.0. The van der Waals surface area contributed by atoms with Crippen molar-refractivity contribution in [2.24, 2.45) is 0 Å². The second kappa shape index (κ2) is 5.93. The number of aryl methyl sites for hydroxylation is 1. The Bertz CT molecular complexity index is 281. The monoisotopic (exact) mass is 211 g/mol. The van der Waals surface area contributed by atoms with Gasteiger partial charge in [0, 0.05) is 12.0 Å². The fourth-order valence-corrected chi connectivity index (χ4v) is 1.57. The molecule has 1 rings (SSSR count). The summed E-state index contributed by atoms with van der Waals surface area (Å²) in [4.78, 5) is 0.